The average molecular weight is 482 g/mol. The highest BCUT2D eigenvalue weighted by atomic mass is 79.9. The molecule has 2 aromatic heterocycles. The number of hydrogen-bond donors (Lipinski definition) is 0. The Kier molecular flexibility index (Phi) is 4.23. The van der Waals surface area contributed by atoms with Crippen molar-refractivity contribution in [2.75, 3.05) is 0 Å². The third-order valence-corrected chi connectivity index (χ3v) is 6.34. The van der Waals surface area contributed by atoms with Gasteiger partial charge in [-0.15, -0.1) is 5.10 Å². The van der Waals surface area contributed by atoms with Crippen LogP contribution < -0.4 is 4.74 Å². The van der Waals surface area contributed by atoms with Crippen LogP contribution in [0.5, 0.6) is 11.6 Å². The molecule has 0 bridgehead atoms. The summed E-state index contributed by atoms with van der Waals surface area (Å²) in [5.41, 5.74) is 4.91. The molecule has 0 fully saturated rings. The second-order valence-electron chi connectivity index (χ2n) is 7.88. The van der Waals surface area contributed by atoms with Gasteiger partial charge in [-0.05, 0) is 41.5 Å². The maximum atomic E-state index is 9.13. The van der Waals surface area contributed by atoms with Crippen molar-refractivity contribution in [3.63, 3.8) is 0 Å². The summed E-state index contributed by atoms with van der Waals surface area (Å²) in [6.07, 6.45) is 1.73. The second-order valence-corrected chi connectivity index (χ2v) is 8.80. The van der Waals surface area contributed by atoms with Gasteiger partial charge in [-0.3, -0.25) is 0 Å². The van der Waals surface area contributed by atoms with Crippen LogP contribution in [0.15, 0.2) is 65.4 Å². The Morgan fingerprint density at radius 3 is 2.75 bits per heavy atom. The van der Waals surface area contributed by atoms with Crippen LogP contribution in [0.25, 0.3) is 16.4 Å². The fourth-order valence-corrected chi connectivity index (χ4v) is 4.79. The lowest BCUT2D eigenvalue weighted by Gasteiger charge is -2.29. The molecule has 0 amide bonds. The molecule has 0 N–H and O–H groups in total. The summed E-state index contributed by atoms with van der Waals surface area (Å²) in [5.74, 6) is 1.63. The van der Waals surface area contributed by atoms with Crippen LogP contribution in [0.4, 0.5) is 0 Å². The Balaban J connectivity index is 1.70. The van der Waals surface area contributed by atoms with Crippen molar-refractivity contribution >= 4 is 32.3 Å². The average Bonchev–Trinajstić information content (AvgIpc) is 3.21. The molecule has 6 rings (SSSR count). The van der Waals surface area contributed by atoms with E-state index < -0.39 is 0 Å². The number of ether oxygens (including phenoxy) is 1. The summed E-state index contributed by atoms with van der Waals surface area (Å²) < 4.78 is 8.97. The standard InChI is InChI=1S/C25H16BrN5O/c1-14-2-4-15(5-3-14)21-22-18-8-7-17(26)12-16(18)6-9-19(22)32-25-23(21)24-29-20(10-11-27)30-31(24)13-28-25/h2-9,12-13,21H,10H2,1H3. The van der Waals surface area contributed by atoms with E-state index in [4.69, 9.17) is 10.00 Å². The molecular weight excluding hydrogens is 466 g/mol. The van der Waals surface area contributed by atoms with Crippen molar-refractivity contribution in [3.8, 4) is 17.7 Å². The second kappa shape index (κ2) is 7.14. The monoisotopic (exact) mass is 481 g/mol. The fraction of sp³-hybridized carbons (Fsp3) is 0.120. The first-order chi connectivity index (χ1) is 15.6. The summed E-state index contributed by atoms with van der Waals surface area (Å²) in [6, 6.07) is 21.0. The van der Waals surface area contributed by atoms with Crippen molar-refractivity contribution in [1.29, 1.82) is 5.26 Å². The van der Waals surface area contributed by atoms with Crippen LogP contribution in [0.2, 0.25) is 0 Å². The van der Waals surface area contributed by atoms with Crippen molar-refractivity contribution in [3.05, 3.63) is 93.5 Å². The smallest absolute Gasteiger partial charge is 0.228 e. The first-order valence-corrected chi connectivity index (χ1v) is 11.0. The van der Waals surface area contributed by atoms with Gasteiger partial charge in [0, 0.05) is 16.0 Å². The first-order valence-electron chi connectivity index (χ1n) is 10.2. The zero-order valence-electron chi connectivity index (χ0n) is 17.1. The predicted octanol–water partition coefficient (Wildman–Crippen LogP) is 5.70. The SMILES string of the molecule is Cc1ccc(C2c3c(ccc4cc(Br)ccc34)Oc3ncn4nc(CC#N)nc4c32)cc1. The van der Waals surface area contributed by atoms with Gasteiger partial charge >= 0.3 is 0 Å². The van der Waals surface area contributed by atoms with E-state index >= 15 is 0 Å². The Morgan fingerprint density at radius 2 is 1.94 bits per heavy atom. The van der Waals surface area contributed by atoms with Crippen molar-refractivity contribution < 1.29 is 4.74 Å². The third kappa shape index (κ3) is 2.88. The highest BCUT2D eigenvalue weighted by molar-refractivity contribution is 9.10. The van der Waals surface area contributed by atoms with E-state index in [1.54, 1.807) is 10.8 Å². The van der Waals surface area contributed by atoms with E-state index in [9.17, 15) is 0 Å². The van der Waals surface area contributed by atoms with Crippen LogP contribution >= 0.6 is 15.9 Å². The molecule has 0 saturated carbocycles. The molecular formula is C25H16BrN5O. The van der Waals surface area contributed by atoms with Crippen molar-refractivity contribution in [2.45, 2.75) is 19.3 Å². The molecule has 3 heterocycles. The van der Waals surface area contributed by atoms with Gasteiger partial charge in [0.15, 0.2) is 11.5 Å². The Labute approximate surface area is 192 Å². The molecule has 3 aromatic carbocycles. The van der Waals surface area contributed by atoms with E-state index in [-0.39, 0.29) is 12.3 Å². The van der Waals surface area contributed by atoms with Crippen molar-refractivity contribution in [2.24, 2.45) is 0 Å². The Hall–Kier alpha value is -3.76. The molecule has 5 aromatic rings. The summed E-state index contributed by atoms with van der Waals surface area (Å²) in [4.78, 5) is 9.23. The molecule has 32 heavy (non-hydrogen) atoms. The number of hydrogen-bond acceptors (Lipinski definition) is 5. The minimum absolute atomic E-state index is 0.139. The number of nitrogens with zero attached hydrogens (tertiary/aromatic N) is 5. The highest BCUT2D eigenvalue weighted by Crippen LogP contribution is 2.50. The van der Waals surface area contributed by atoms with Crippen LogP contribution in [0, 0.1) is 18.3 Å². The molecule has 0 saturated heterocycles. The quantitative estimate of drug-likeness (QED) is 0.317. The molecule has 0 spiro atoms. The zero-order valence-corrected chi connectivity index (χ0v) is 18.7. The van der Waals surface area contributed by atoms with Crippen LogP contribution in [0.3, 0.4) is 0 Å². The molecule has 1 unspecified atom stereocenters. The molecule has 1 aliphatic rings. The van der Waals surface area contributed by atoms with Crippen LogP contribution in [-0.4, -0.2) is 19.6 Å². The normalized spacial score (nSPS) is 14.6. The molecule has 0 radical (unpaired) electrons. The van der Waals surface area contributed by atoms with Gasteiger partial charge in [-0.2, -0.15) is 5.26 Å². The first kappa shape index (κ1) is 19.0. The fourth-order valence-electron chi connectivity index (χ4n) is 4.42. The number of rotatable bonds is 2. The van der Waals surface area contributed by atoms with E-state index in [2.05, 4.69) is 86.5 Å². The zero-order chi connectivity index (χ0) is 21.8. The van der Waals surface area contributed by atoms with Crippen LogP contribution in [-0.2, 0) is 6.42 Å². The van der Waals surface area contributed by atoms with Gasteiger partial charge in [-0.1, -0.05) is 57.9 Å². The maximum absolute atomic E-state index is 9.13. The summed E-state index contributed by atoms with van der Waals surface area (Å²) in [5, 5.41) is 15.8. The number of halogens is 1. The number of benzene rings is 3. The molecule has 154 valence electrons. The molecule has 1 aliphatic heterocycles. The molecule has 7 heteroatoms. The Bertz CT molecular complexity index is 1570. The van der Waals surface area contributed by atoms with E-state index in [0.29, 0.717) is 17.4 Å². The molecule has 1 atom stereocenters. The van der Waals surface area contributed by atoms with Gasteiger partial charge in [-0.25, -0.2) is 14.5 Å². The minimum atomic E-state index is -0.144. The van der Waals surface area contributed by atoms with Crippen LogP contribution in [0.1, 0.15) is 34.0 Å². The summed E-state index contributed by atoms with van der Waals surface area (Å²) in [6.45, 7) is 2.08. The van der Waals surface area contributed by atoms with E-state index in [0.717, 1.165) is 37.7 Å². The largest absolute Gasteiger partial charge is 0.438 e. The molecule has 0 aliphatic carbocycles. The topological polar surface area (TPSA) is 76.1 Å². The van der Waals surface area contributed by atoms with E-state index in [1.165, 1.54) is 5.56 Å². The predicted molar refractivity (Wildman–Crippen MR) is 124 cm³/mol. The van der Waals surface area contributed by atoms with Gasteiger partial charge in [0.1, 0.15) is 12.1 Å². The minimum Gasteiger partial charge on any atom is -0.438 e. The lowest BCUT2D eigenvalue weighted by atomic mass is 9.81. The van der Waals surface area contributed by atoms with Gasteiger partial charge < -0.3 is 4.74 Å². The molecule has 6 nitrogen and oxygen atoms in total. The van der Waals surface area contributed by atoms with Gasteiger partial charge in [0.2, 0.25) is 5.88 Å². The lowest BCUT2D eigenvalue weighted by molar-refractivity contribution is 0.433. The number of aromatic nitrogens is 4. The highest BCUT2D eigenvalue weighted by Gasteiger charge is 2.34. The van der Waals surface area contributed by atoms with E-state index in [1.807, 2.05) is 12.1 Å². The van der Waals surface area contributed by atoms with Gasteiger partial charge in [0.25, 0.3) is 0 Å². The number of nitriles is 1. The summed E-state index contributed by atoms with van der Waals surface area (Å²) in [7, 11) is 0. The van der Waals surface area contributed by atoms with Crippen molar-refractivity contribution in [1.82, 2.24) is 19.6 Å². The number of fused-ring (bicyclic) bond motifs is 6. The van der Waals surface area contributed by atoms with Gasteiger partial charge in [0.05, 0.1) is 18.1 Å². The summed E-state index contributed by atoms with van der Waals surface area (Å²) >= 11 is 3.58. The Morgan fingerprint density at radius 1 is 1.09 bits per heavy atom. The lowest BCUT2D eigenvalue weighted by Crippen LogP contribution is -2.15. The number of aryl methyl sites for hydroxylation is 1. The third-order valence-electron chi connectivity index (χ3n) is 5.85. The maximum Gasteiger partial charge on any atom is 0.228 e.